The van der Waals surface area contributed by atoms with Crippen molar-refractivity contribution in [3.05, 3.63) is 51.9 Å². The maximum absolute atomic E-state index is 12.6. The quantitative estimate of drug-likeness (QED) is 0.703. The number of esters is 1. The van der Waals surface area contributed by atoms with Gasteiger partial charge in [0.25, 0.3) is 0 Å². The standard InChI is InChI=1S/C15H15Cl2NO5S/c1-3-22-15(19)10-7-11(23-9-10)8-18(2)24(20,21)14-12(16)5-4-6-13(14)17/h4-7,9H,3,8H2,1-2H3. The Hall–Kier alpha value is -1.54. The van der Waals surface area contributed by atoms with Crippen molar-refractivity contribution in [2.75, 3.05) is 13.7 Å². The van der Waals surface area contributed by atoms with Gasteiger partial charge in [-0.05, 0) is 25.1 Å². The summed E-state index contributed by atoms with van der Waals surface area (Å²) in [6.45, 7) is 1.83. The smallest absolute Gasteiger partial charge is 0.341 e. The molecule has 0 saturated carbocycles. The molecule has 0 spiro atoms. The predicted molar refractivity (Wildman–Crippen MR) is 89.8 cm³/mol. The molecule has 0 radical (unpaired) electrons. The van der Waals surface area contributed by atoms with E-state index in [2.05, 4.69) is 0 Å². The summed E-state index contributed by atoms with van der Waals surface area (Å²) < 4.78 is 36.4. The largest absolute Gasteiger partial charge is 0.467 e. The maximum atomic E-state index is 12.6. The second kappa shape index (κ2) is 7.57. The lowest BCUT2D eigenvalue weighted by Crippen LogP contribution is -2.26. The molecule has 2 rings (SSSR count). The number of hydrogen-bond acceptors (Lipinski definition) is 5. The van der Waals surface area contributed by atoms with Gasteiger partial charge in [-0.1, -0.05) is 29.3 Å². The normalized spacial score (nSPS) is 11.7. The highest BCUT2D eigenvalue weighted by molar-refractivity contribution is 7.89. The molecule has 0 aliphatic heterocycles. The van der Waals surface area contributed by atoms with Crippen LogP contribution in [-0.2, 0) is 21.3 Å². The second-order valence-corrected chi connectivity index (χ2v) is 7.63. The van der Waals surface area contributed by atoms with Gasteiger partial charge in [0.05, 0.1) is 28.8 Å². The third-order valence-corrected chi connectivity index (χ3v) is 5.89. The Morgan fingerprint density at radius 3 is 2.50 bits per heavy atom. The number of carbonyl (C=O) groups excluding carboxylic acids is 1. The fraction of sp³-hybridized carbons (Fsp3) is 0.267. The van der Waals surface area contributed by atoms with Gasteiger partial charge in [0.15, 0.2) is 0 Å². The number of hydrogen-bond donors (Lipinski definition) is 0. The summed E-state index contributed by atoms with van der Waals surface area (Å²) in [6.07, 6.45) is 1.22. The van der Waals surface area contributed by atoms with E-state index in [9.17, 15) is 13.2 Å². The van der Waals surface area contributed by atoms with Crippen LogP contribution in [0.4, 0.5) is 0 Å². The number of furan rings is 1. The average Bonchev–Trinajstić information content (AvgIpc) is 2.95. The third-order valence-electron chi connectivity index (χ3n) is 3.13. The molecule has 0 unspecified atom stereocenters. The van der Waals surface area contributed by atoms with Crippen molar-refractivity contribution in [3.8, 4) is 0 Å². The first-order chi connectivity index (χ1) is 11.3. The number of benzene rings is 1. The summed E-state index contributed by atoms with van der Waals surface area (Å²) in [5.74, 6) is -0.250. The molecule has 0 bridgehead atoms. The zero-order chi connectivity index (χ0) is 17.9. The first-order valence-corrected chi connectivity index (χ1v) is 9.11. The van der Waals surface area contributed by atoms with Gasteiger partial charge in [-0.25, -0.2) is 13.2 Å². The molecule has 0 aliphatic rings. The Morgan fingerprint density at radius 2 is 1.92 bits per heavy atom. The van der Waals surface area contributed by atoms with Crippen LogP contribution in [0, 0.1) is 0 Å². The minimum atomic E-state index is -3.93. The van der Waals surface area contributed by atoms with Gasteiger partial charge >= 0.3 is 5.97 Å². The number of rotatable bonds is 6. The fourth-order valence-electron chi connectivity index (χ4n) is 1.97. The van der Waals surface area contributed by atoms with Crippen LogP contribution in [0.3, 0.4) is 0 Å². The molecule has 0 amide bonds. The molecule has 130 valence electrons. The number of ether oxygens (including phenoxy) is 1. The van der Waals surface area contributed by atoms with Gasteiger partial charge in [-0.2, -0.15) is 4.31 Å². The highest BCUT2D eigenvalue weighted by Gasteiger charge is 2.27. The lowest BCUT2D eigenvalue weighted by atomic mass is 10.3. The van der Waals surface area contributed by atoms with Crippen LogP contribution in [0.15, 0.2) is 39.8 Å². The fourth-order valence-corrected chi connectivity index (χ4v) is 4.19. The molecule has 0 saturated heterocycles. The highest BCUT2D eigenvalue weighted by atomic mass is 35.5. The van der Waals surface area contributed by atoms with Crippen molar-refractivity contribution in [1.82, 2.24) is 4.31 Å². The first kappa shape index (κ1) is 18.8. The molecule has 0 fully saturated rings. The van der Waals surface area contributed by atoms with Crippen molar-refractivity contribution in [2.45, 2.75) is 18.4 Å². The first-order valence-electron chi connectivity index (χ1n) is 6.92. The number of sulfonamides is 1. The minimum Gasteiger partial charge on any atom is -0.467 e. The predicted octanol–water partition coefficient (Wildman–Crippen LogP) is 3.58. The molecule has 1 aromatic carbocycles. The Balaban J connectivity index is 2.23. The third kappa shape index (κ3) is 3.92. The molecule has 1 aromatic heterocycles. The lowest BCUT2D eigenvalue weighted by molar-refractivity contribution is 0.0525. The van der Waals surface area contributed by atoms with Gasteiger partial charge in [-0.15, -0.1) is 0 Å². The lowest BCUT2D eigenvalue weighted by Gasteiger charge is -2.17. The van der Waals surface area contributed by atoms with Crippen molar-refractivity contribution in [3.63, 3.8) is 0 Å². The summed E-state index contributed by atoms with van der Waals surface area (Å²) in [7, 11) is -2.56. The summed E-state index contributed by atoms with van der Waals surface area (Å²) in [5, 5.41) is 0.0574. The summed E-state index contributed by atoms with van der Waals surface area (Å²) >= 11 is 11.9. The van der Waals surface area contributed by atoms with E-state index in [4.69, 9.17) is 32.4 Å². The highest BCUT2D eigenvalue weighted by Crippen LogP contribution is 2.31. The van der Waals surface area contributed by atoms with Crippen LogP contribution in [0.25, 0.3) is 0 Å². The van der Waals surface area contributed by atoms with Crippen LogP contribution in [0.2, 0.25) is 10.0 Å². The molecular weight excluding hydrogens is 377 g/mol. The topological polar surface area (TPSA) is 76.8 Å². The van der Waals surface area contributed by atoms with Gasteiger partial charge in [-0.3, -0.25) is 0 Å². The maximum Gasteiger partial charge on any atom is 0.341 e. The van der Waals surface area contributed by atoms with Crippen molar-refractivity contribution < 1.29 is 22.4 Å². The Labute approximate surface area is 150 Å². The number of carbonyl (C=O) groups is 1. The Bertz CT molecular complexity index is 827. The van der Waals surface area contributed by atoms with E-state index in [1.54, 1.807) is 13.0 Å². The van der Waals surface area contributed by atoms with E-state index in [0.29, 0.717) is 0 Å². The van der Waals surface area contributed by atoms with Crippen molar-refractivity contribution >= 4 is 39.2 Å². The molecular formula is C15H15Cl2NO5S. The van der Waals surface area contributed by atoms with Crippen LogP contribution in [-0.4, -0.2) is 32.3 Å². The zero-order valence-corrected chi connectivity index (χ0v) is 15.3. The number of nitrogens with zero attached hydrogens (tertiary/aromatic N) is 1. The van der Waals surface area contributed by atoms with Crippen molar-refractivity contribution in [2.24, 2.45) is 0 Å². The molecule has 1 heterocycles. The number of halogens is 2. The van der Waals surface area contributed by atoms with E-state index in [-0.39, 0.29) is 39.4 Å². The molecule has 6 nitrogen and oxygen atoms in total. The van der Waals surface area contributed by atoms with Gasteiger partial charge < -0.3 is 9.15 Å². The van der Waals surface area contributed by atoms with E-state index >= 15 is 0 Å². The van der Waals surface area contributed by atoms with Gasteiger partial charge in [0, 0.05) is 7.05 Å². The molecule has 24 heavy (non-hydrogen) atoms. The van der Waals surface area contributed by atoms with E-state index in [1.807, 2.05) is 0 Å². The molecule has 0 atom stereocenters. The Kier molecular flexibility index (Phi) is 5.92. The van der Waals surface area contributed by atoms with Crippen LogP contribution < -0.4 is 0 Å². The summed E-state index contributed by atoms with van der Waals surface area (Å²) in [4.78, 5) is 11.4. The second-order valence-electron chi connectivity index (χ2n) is 4.83. The average molecular weight is 392 g/mol. The SMILES string of the molecule is CCOC(=O)c1coc(CN(C)S(=O)(=O)c2c(Cl)cccc2Cl)c1. The van der Waals surface area contributed by atoms with Crippen LogP contribution in [0.1, 0.15) is 23.0 Å². The zero-order valence-electron chi connectivity index (χ0n) is 13.0. The Morgan fingerprint density at radius 1 is 1.29 bits per heavy atom. The molecule has 0 aliphatic carbocycles. The van der Waals surface area contributed by atoms with E-state index < -0.39 is 16.0 Å². The molecule has 2 aromatic rings. The van der Waals surface area contributed by atoms with Crippen molar-refractivity contribution in [1.29, 1.82) is 0 Å². The van der Waals surface area contributed by atoms with Crippen LogP contribution >= 0.6 is 23.2 Å². The summed E-state index contributed by atoms with van der Waals surface area (Å²) in [5.41, 5.74) is 0.216. The van der Waals surface area contributed by atoms with E-state index in [0.717, 1.165) is 4.31 Å². The minimum absolute atomic E-state index is 0.0287. The monoisotopic (exact) mass is 391 g/mol. The van der Waals surface area contributed by atoms with Gasteiger partial charge in [0.2, 0.25) is 10.0 Å². The van der Waals surface area contributed by atoms with E-state index in [1.165, 1.54) is 31.5 Å². The molecule has 0 N–H and O–H groups in total. The molecule has 9 heteroatoms. The van der Waals surface area contributed by atoms with Gasteiger partial charge in [0.1, 0.15) is 16.9 Å². The summed E-state index contributed by atoms with van der Waals surface area (Å²) in [6, 6.07) is 5.87. The van der Waals surface area contributed by atoms with Crippen LogP contribution in [0.5, 0.6) is 0 Å².